The van der Waals surface area contributed by atoms with E-state index in [0.29, 0.717) is 6.54 Å². The molecule has 0 radical (unpaired) electrons. The number of furan rings is 1. The van der Waals surface area contributed by atoms with E-state index in [-0.39, 0.29) is 36.2 Å². The molecule has 22 heavy (non-hydrogen) atoms. The molecule has 0 bridgehead atoms. The monoisotopic (exact) mass is 324 g/mol. The molecule has 2 atom stereocenters. The van der Waals surface area contributed by atoms with Crippen LogP contribution in [0.25, 0.3) is 11.0 Å². The van der Waals surface area contributed by atoms with Gasteiger partial charge in [-0.1, -0.05) is 39.0 Å². The minimum atomic E-state index is -0.198. The predicted molar refractivity (Wildman–Crippen MR) is 92.1 cm³/mol. The molecule has 0 spiro atoms. The molecule has 0 saturated heterocycles. The number of carbonyl (C=O) groups excluding carboxylic acids is 1. The van der Waals surface area contributed by atoms with E-state index in [1.807, 2.05) is 38.1 Å². The Labute approximate surface area is 137 Å². The maximum Gasteiger partial charge on any atom is 0.224 e. The SMILES string of the molecule is Cc1c(C(NC(=O)C(C)CN)C(C)C)oc2ccccc12.Cl. The largest absolute Gasteiger partial charge is 0.459 e. The van der Waals surface area contributed by atoms with Gasteiger partial charge in [-0.25, -0.2) is 0 Å². The molecule has 1 aromatic carbocycles. The number of rotatable bonds is 5. The molecule has 0 saturated carbocycles. The minimum Gasteiger partial charge on any atom is -0.459 e. The lowest BCUT2D eigenvalue weighted by molar-refractivity contribution is -0.125. The lowest BCUT2D eigenvalue weighted by atomic mass is 9.97. The molecule has 5 heteroatoms. The van der Waals surface area contributed by atoms with Crippen LogP contribution >= 0.6 is 12.4 Å². The van der Waals surface area contributed by atoms with Crippen LogP contribution in [0.5, 0.6) is 0 Å². The highest BCUT2D eigenvalue weighted by molar-refractivity contribution is 5.85. The summed E-state index contributed by atoms with van der Waals surface area (Å²) in [6, 6.07) is 7.80. The number of benzene rings is 1. The van der Waals surface area contributed by atoms with Crippen molar-refractivity contribution in [3.63, 3.8) is 0 Å². The number of hydrogen-bond donors (Lipinski definition) is 2. The van der Waals surface area contributed by atoms with E-state index >= 15 is 0 Å². The molecule has 3 N–H and O–H groups in total. The van der Waals surface area contributed by atoms with Crippen LogP contribution in [0.3, 0.4) is 0 Å². The third-order valence-electron chi connectivity index (χ3n) is 3.93. The summed E-state index contributed by atoms with van der Waals surface area (Å²) in [7, 11) is 0. The van der Waals surface area contributed by atoms with Crippen molar-refractivity contribution in [2.45, 2.75) is 33.7 Å². The lowest BCUT2D eigenvalue weighted by Gasteiger charge is -2.23. The standard InChI is InChI=1S/C17H24N2O2.ClH/c1-10(2)15(19-17(20)11(3)9-18)16-12(4)13-7-5-6-8-14(13)21-16;/h5-8,10-11,15H,9,18H2,1-4H3,(H,19,20);1H. The number of fused-ring (bicyclic) bond motifs is 1. The van der Waals surface area contributed by atoms with Crippen LogP contribution in [0, 0.1) is 18.8 Å². The molecule has 0 fully saturated rings. The Balaban J connectivity index is 0.00000242. The number of para-hydroxylation sites is 1. The molecule has 1 heterocycles. The van der Waals surface area contributed by atoms with Crippen molar-refractivity contribution in [1.29, 1.82) is 0 Å². The van der Waals surface area contributed by atoms with Gasteiger partial charge in [-0.2, -0.15) is 0 Å². The predicted octanol–water partition coefficient (Wildman–Crippen LogP) is 3.57. The molecule has 0 aliphatic carbocycles. The van der Waals surface area contributed by atoms with Gasteiger partial charge >= 0.3 is 0 Å². The molecule has 2 unspecified atom stereocenters. The van der Waals surface area contributed by atoms with Crippen molar-refractivity contribution in [3.05, 3.63) is 35.6 Å². The van der Waals surface area contributed by atoms with E-state index in [2.05, 4.69) is 19.2 Å². The maximum absolute atomic E-state index is 12.2. The van der Waals surface area contributed by atoms with Gasteiger partial charge in [0.05, 0.1) is 6.04 Å². The summed E-state index contributed by atoms with van der Waals surface area (Å²) in [5, 5.41) is 4.17. The van der Waals surface area contributed by atoms with Crippen molar-refractivity contribution in [1.82, 2.24) is 5.32 Å². The number of nitrogens with one attached hydrogen (secondary N) is 1. The van der Waals surface area contributed by atoms with Crippen molar-refractivity contribution in [2.75, 3.05) is 6.54 Å². The minimum absolute atomic E-state index is 0. The molecule has 2 rings (SSSR count). The summed E-state index contributed by atoms with van der Waals surface area (Å²) in [4.78, 5) is 12.2. The van der Waals surface area contributed by atoms with Gasteiger partial charge in [0.2, 0.25) is 5.91 Å². The summed E-state index contributed by atoms with van der Waals surface area (Å²) < 4.78 is 5.99. The van der Waals surface area contributed by atoms with Crippen LogP contribution in [-0.4, -0.2) is 12.5 Å². The van der Waals surface area contributed by atoms with Gasteiger partial charge in [0.1, 0.15) is 11.3 Å². The van der Waals surface area contributed by atoms with E-state index in [1.165, 1.54) is 0 Å². The number of carbonyl (C=O) groups is 1. The smallest absolute Gasteiger partial charge is 0.224 e. The molecular formula is C17H25ClN2O2. The Morgan fingerprint density at radius 1 is 1.27 bits per heavy atom. The summed E-state index contributed by atoms with van der Waals surface area (Å²) in [6.07, 6.45) is 0. The van der Waals surface area contributed by atoms with Crippen LogP contribution in [0.15, 0.2) is 28.7 Å². The van der Waals surface area contributed by atoms with Crippen molar-refractivity contribution < 1.29 is 9.21 Å². The van der Waals surface area contributed by atoms with E-state index in [9.17, 15) is 4.79 Å². The number of aryl methyl sites for hydroxylation is 1. The second kappa shape index (κ2) is 7.65. The fourth-order valence-corrected chi connectivity index (χ4v) is 2.43. The van der Waals surface area contributed by atoms with E-state index in [0.717, 1.165) is 22.3 Å². The van der Waals surface area contributed by atoms with E-state index in [1.54, 1.807) is 0 Å². The topological polar surface area (TPSA) is 68.3 Å². The highest BCUT2D eigenvalue weighted by atomic mass is 35.5. The average molecular weight is 325 g/mol. The number of halogens is 1. The number of nitrogens with two attached hydrogens (primary N) is 1. The van der Waals surface area contributed by atoms with Crippen LogP contribution in [0.2, 0.25) is 0 Å². The molecule has 1 amide bonds. The Hall–Kier alpha value is -1.52. The number of amides is 1. The molecule has 0 aliphatic heterocycles. The molecular weight excluding hydrogens is 300 g/mol. The first kappa shape index (κ1) is 18.5. The first-order chi connectivity index (χ1) is 9.95. The highest BCUT2D eigenvalue weighted by Crippen LogP contribution is 2.32. The van der Waals surface area contributed by atoms with Gasteiger partial charge in [-0.15, -0.1) is 12.4 Å². The molecule has 1 aromatic heterocycles. The zero-order valence-corrected chi connectivity index (χ0v) is 14.4. The zero-order valence-electron chi connectivity index (χ0n) is 13.6. The molecule has 122 valence electrons. The Morgan fingerprint density at radius 2 is 1.91 bits per heavy atom. The molecule has 4 nitrogen and oxygen atoms in total. The summed E-state index contributed by atoms with van der Waals surface area (Å²) in [6.45, 7) is 8.36. The van der Waals surface area contributed by atoms with Crippen LogP contribution in [0.4, 0.5) is 0 Å². The maximum atomic E-state index is 12.2. The first-order valence-corrected chi connectivity index (χ1v) is 7.44. The second-order valence-corrected chi connectivity index (χ2v) is 5.95. The normalized spacial score (nSPS) is 13.7. The third-order valence-corrected chi connectivity index (χ3v) is 3.93. The molecule has 0 aliphatic rings. The highest BCUT2D eigenvalue weighted by Gasteiger charge is 2.26. The fourth-order valence-electron chi connectivity index (χ4n) is 2.43. The van der Waals surface area contributed by atoms with Gasteiger partial charge in [0, 0.05) is 23.4 Å². The Kier molecular flexibility index (Phi) is 6.45. The third kappa shape index (κ3) is 3.62. The van der Waals surface area contributed by atoms with Crippen LogP contribution in [0.1, 0.15) is 38.1 Å². The average Bonchev–Trinajstić information content (AvgIpc) is 2.80. The lowest BCUT2D eigenvalue weighted by Crippen LogP contribution is -2.37. The van der Waals surface area contributed by atoms with Crippen LogP contribution < -0.4 is 11.1 Å². The summed E-state index contributed by atoms with van der Waals surface area (Å²) in [5.41, 5.74) is 7.52. The van der Waals surface area contributed by atoms with Crippen molar-refractivity contribution in [3.8, 4) is 0 Å². The molecule has 2 aromatic rings. The van der Waals surface area contributed by atoms with Crippen LogP contribution in [-0.2, 0) is 4.79 Å². The van der Waals surface area contributed by atoms with E-state index < -0.39 is 0 Å². The quantitative estimate of drug-likeness (QED) is 0.883. The summed E-state index contributed by atoms with van der Waals surface area (Å²) in [5.74, 6) is 0.842. The summed E-state index contributed by atoms with van der Waals surface area (Å²) >= 11 is 0. The zero-order chi connectivity index (χ0) is 15.6. The van der Waals surface area contributed by atoms with Crippen molar-refractivity contribution >= 4 is 29.3 Å². The van der Waals surface area contributed by atoms with Gasteiger partial charge < -0.3 is 15.5 Å². The van der Waals surface area contributed by atoms with Gasteiger partial charge in [-0.3, -0.25) is 4.79 Å². The van der Waals surface area contributed by atoms with E-state index in [4.69, 9.17) is 10.2 Å². The Bertz CT molecular complexity index is 637. The second-order valence-electron chi connectivity index (χ2n) is 5.95. The first-order valence-electron chi connectivity index (χ1n) is 7.44. The fraction of sp³-hybridized carbons (Fsp3) is 0.471. The van der Waals surface area contributed by atoms with Gasteiger partial charge in [-0.05, 0) is 18.9 Å². The Morgan fingerprint density at radius 3 is 2.45 bits per heavy atom. The van der Waals surface area contributed by atoms with Gasteiger partial charge in [0.15, 0.2) is 0 Å². The number of hydrogen-bond acceptors (Lipinski definition) is 3. The van der Waals surface area contributed by atoms with Crippen molar-refractivity contribution in [2.24, 2.45) is 17.6 Å². The van der Waals surface area contributed by atoms with Gasteiger partial charge in [0.25, 0.3) is 0 Å².